The standard InChI is InChI=1S/C10H9BrF2INO2/c1-17-8(16)3-5-2-7(9(12)13)15-10(14)6(5)4-11/h2,9H,3-4H2,1H3. The van der Waals surface area contributed by atoms with Crippen molar-refractivity contribution in [1.82, 2.24) is 4.98 Å². The molecule has 94 valence electrons. The first-order valence-electron chi connectivity index (χ1n) is 4.58. The minimum Gasteiger partial charge on any atom is -0.469 e. The van der Waals surface area contributed by atoms with Crippen molar-refractivity contribution in [3.05, 3.63) is 26.6 Å². The number of methoxy groups -OCH3 is 1. The lowest BCUT2D eigenvalue weighted by atomic mass is 10.1. The number of alkyl halides is 3. The van der Waals surface area contributed by atoms with Crippen molar-refractivity contribution in [1.29, 1.82) is 0 Å². The van der Waals surface area contributed by atoms with Crippen LogP contribution in [0.3, 0.4) is 0 Å². The van der Waals surface area contributed by atoms with E-state index in [2.05, 4.69) is 25.7 Å². The Hall–Kier alpha value is -0.310. The predicted octanol–water partition coefficient (Wildman–Crippen LogP) is 3.23. The first-order valence-corrected chi connectivity index (χ1v) is 6.78. The van der Waals surface area contributed by atoms with Crippen LogP contribution in [0.2, 0.25) is 0 Å². The zero-order valence-electron chi connectivity index (χ0n) is 8.84. The van der Waals surface area contributed by atoms with Gasteiger partial charge in [0.15, 0.2) is 0 Å². The second-order valence-corrected chi connectivity index (χ2v) is 4.75. The Kier molecular flexibility index (Phi) is 5.71. The molecule has 0 saturated heterocycles. The quantitative estimate of drug-likeness (QED) is 0.325. The number of nitrogens with zero attached hydrogens (tertiary/aromatic N) is 1. The Morgan fingerprint density at radius 3 is 2.76 bits per heavy atom. The summed E-state index contributed by atoms with van der Waals surface area (Å²) in [5.74, 6) is -0.464. The normalized spacial score (nSPS) is 10.7. The lowest BCUT2D eigenvalue weighted by Crippen LogP contribution is -2.10. The second-order valence-electron chi connectivity index (χ2n) is 3.16. The van der Waals surface area contributed by atoms with Crippen LogP contribution in [0.25, 0.3) is 0 Å². The number of hydrogen-bond donors (Lipinski definition) is 0. The highest BCUT2D eigenvalue weighted by Crippen LogP contribution is 2.25. The molecular formula is C10H9BrF2INO2. The summed E-state index contributed by atoms with van der Waals surface area (Å²) < 4.78 is 30.2. The fraction of sp³-hybridized carbons (Fsp3) is 0.400. The molecule has 0 bridgehead atoms. The minimum atomic E-state index is -2.65. The lowest BCUT2D eigenvalue weighted by Gasteiger charge is -2.10. The van der Waals surface area contributed by atoms with Gasteiger partial charge < -0.3 is 4.74 Å². The van der Waals surface area contributed by atoms with E-state index in [1.54, 1.807) is 0 Å². The van der Waals surface area contributed by atoms with Crippen molar-refractivity contribution in [2.24, 2.45) is 0 Å². The summed E-state index contributed by atoms with van der Waals surface area (Å²) in [6, 6.07) is 1.25. The van der Waals surface area contributed by atoms with Gasteiger partial charge in [0.2, 0.25) is 0 Å². The highest BCUT2D eigenvalue weighted by molar-refractivity contribution is 14.1. The number of rotatable bonds is 4. The molecule has 0 spiro atoms. The van der Waals surface area contributed by atoms with E-state index in [1.807, 2.05) is 22.6 Å². The third-order valence-electron chi connectivity index (χ3n) is 2.11. The van der Waals surface area contributed by atoms with E-state index in [0.717, 1.165) is 5.56 Å². The number of esters is 1. The molecule has 1 aromatic rings. The predicted molar refractivity (Wildman–Crippen MR) is 70.3 cm³/mol. The Labute approximate surface area is 119 Å². The smallest absolute Gasteiger partial charge is 0.309 e. The molecule has 0 atom stereocenters. The molecule has 0 amide bonds. The highest BCUT2D eigenvalue weighted by atomic mass is 127. The van der Waals surface area contributed by atoms with Crippen LogP contribution >= 0.6 is 38.5 Å². The zero-order chi connectivity index (χ0) is 13.0. The molecule has 1 heterocycles. The maximum Gasteiger partial charge on any atom is 0.309 e. The summed E-state index contributed by atoms with van der Waals surface area (Å²) in [4.78, 5) is 15.0. The van der Waals surface area contributed by atoms with Gasteiger partial charge >= 0.3 is 5.97 Å². The first-order chi connectivity index (χ1) is 7.99. The van der Waals surface area contributed by atoms with Crippen molar-refractivity contribution in [2.45, 2.75) is 18.2 Å². The number of ether oxygens (including phenoxy) is 1. The summed E-state index contributed by atoms with van der Waals surface area (Å²) in [5.41, 5.74) is 0.932. The van der Waals surface area contributed by atoms with Crippen LogP contribution in [-0.4, -0.2) is 18.1 Å². The number of hydrogen-bond acceptors (Lipinski definition) is 3. The zero-order valence-corrected chi connectivity index (χ0v) is 12.6. The van der Waals surface area contributed by atoms with Crippen LogP contribution in [0, 0.1) is 3.70 Å². The van der Waals surface area contributed by atoms with Crippen molar-refractivity contribution in [3.8, 4) is 0 Å². The van der Waals surface area contributed by atoms with E-state index >= 15 is 0 Å². The van der Waals surface area contributed by atoms with Gasteiger partial charge in [-0.3, -0.25) is 4.79 Å². The molecule has 1 aromatic heterocycles. The van der Waals surface area contributed by atoms with E-state index in [1.165, 1.54) is 13.2 Å². The summed E-state index contributed by atoms with van der Waals surface area (Å²) >= 11 is 5.13. The maximum atomic E-state index is 12.6. The highest BCUT2D eigenvalue weighted by Gasteiger charge is 2.17. The Morgan fingerprint density at radius 2 is 2.29 bits per heavy atom. The summed E-state index contributed by atoms with van der Waals surface area (Å²) in [7, 11) is 1.26. The van der Waals surface area contributed by atoms with Crippen LogP contribution in [-0.2, 0) is 21.3 Å². The fourth-order valence-corrected chi connectivity index (χ4v) is 3.21. The van der Waals surface area contributed by atoms with Crippen molar-refractivity contribution < 1.29 is 18.3 Å². The number of pyridine rings is 1. The van der Waals surface area contributed by atoms with Crippen LogP contribution in [0.1, 0.15) is 23.2 Å². The van der Waals surface area contributed by atoms with Crippen LogP contribution in [0.4, 0.5) is 8.78 Å². The van der Waals surface area contributed by atoms with Gasteiger partial charge in [0.1, 0.15) is 9.39 Å². The average molecular weight is 420 g/mol. The van der Waals surface area contributed by atoms with Gasteiger partial charge in [0.25, 0.3) is 6.43 Å². The molecule has 1 rings (SSSR count). The molecule has 0 aliphatic rings. The van der Waals surface area contributed by atoms with Gasteiger partial charge in [-0.15, -0.1) is 0 Å². The Bertz CT molecular complexity index is 429. The summed E-state index contributed by atoms with van der Waals surface area (Å²) in [6.45, 7) is 0. The Balaban J connectivity index is 3.19. The maximum absolute atomic E-state index is 12.6. The van der Waals surface area contributed by atoms with E-state index in [0.29, 0.717) is 14.6 Å². The number of aromatic nitrogens is 1. The molecule has 0 N–H and O–H groups in total. The van der Waals surface area contributed by atoms with Gasteiger partial charge in [-0.05, 0) is 39.8 Å². The lowest BCUT2D eigenvalue weighted by molar-refractivity contribution is -0.139. The molecule has 0 aliphatic heterocycles. The van der Waals surface area contributed by atoms with Crippen molar-refractivity contribution in [3.63, 3.8) is 0 Å². The monoisotopic (exact) mass is 419 g/mol. The summed E-state index contributed by atoms with van der Waals surface area (Å²) in [6.07, 6.45) is -2.68. The van der Waals surface area contributed by atoms with E-state index in [4.69, 9.17) is 0 Å². The molecule has 0 aliphatic carbocycles. The Morgan fingerprint density at radius 1 is 1.65 bits per heavy atom. The molecule has 0 unspecified atom stereocenters. The largest absolute Gasteiger partial charge is 0.469 e. The first kappa shape index (κ1) is 14.7. The fourth-order valence-electron chi connectivity index (χ4n) is 1.25. The minimum absolute atomic E-state index is 0.0321. The van der Waals surface area contributed by atoms with Crippen LogP contribution < -0.4 is 0 Å². The number of halogens is 4. The van der Waals surface area contributed by atoms with E-state index in [9.17, 15) is 13.6 Å². The van der Waals surface area contributed by atoms with Gasteiger partial charge in [-0.2, -0.15) is 0 Å². The topological polar surface area (TPSA) is 39.2 Å². The molecule has 0 fully saturated rings. The van der Waals surface area contributed by atoms with Gasteiger partial charge in [0, 0.05) is 5.33 Å². The molecule has 0 radical (unpaired) electrons. The van der Waals surface area contributed by atoms with Crippen molar-refractivity contribution in [2.75, 3.05) is 7.11 Å². The molecule has 0 saturated carbocycles. The molecular weight excluding hydrogens is 411 g/mol. The molecule has 0 aromatic carbocycles. The second kappa shape index (κ2) is 6.58. The van der Waals surface area contributed by atoms with Crippen molar-refractivity contribution >= 4 is 44.5 Å². The average Bonchev–Trinajstić information content (AvgIpc) is 2.28. The van der Waals surface area contributed by atoms with Gasteiger partial charge in [-0.1, -0.05) is 15.9 Å². The third kappa shape index (κ3) is 3.84. The SMILES string of the molecule is COC(=O)Cc1cc(C(F)F)nc(I)c1CBr. The molecule has 3 nitrogen and oxygen atoms in total. The number of carbonyl (C=O) groups is 1. The number of carbonyl (C=O) groups excluding carboxylic acids is 1. The molecule has 17 heavy (non-hydrogen) atoms. The van der Waals surface area contributed by atoms with Crippen LogP contribution in [0.15, 0.2) is 6.07 Å². The van der Waals surface area contributed by atoms with Crippen LogP contribution in [0.5, 0.6) is 0 Å². The van der Waals surface area contributed by atoms with Gasteiger partial charge in [-0.25, -0.2) is 13.8 Å². The molecule has 7 heteroatoms. The van der Waals surface area contributed by atoms with E-state index in [-0.39, 0.29) is 12.1 Å². The third-order valence-corrected chi connectivity index (χ3v) is 3.56. The summed E-state index contributed by atoms with van der Waals surface area (Å²) in [5, 5.41) is 0.452. The van der Waals surface area contributed by atoms with E-state index < -0.39 is 12.4 Å². The van der Waals surface area contributed by atoms with Gasteiger partial charge in [0.05, 0.1) is 13.5 Å².